The Hall–Kier alpha value is -1.46. The van der Waals surface area contributed by atoms with Crippen LogP contribution in [0.1, 0.15) is 30.4 Å². The minimum absolute atomic E-state index is 0.443. The standard InChI is InChI=1S/C16H20BrN3O/c1-3-8-18-10-15-16(7-4-12(2)20-15)21-11-14-6-5-13(17)9-19-14/h4-7,9,18H,3,8,10-11H2,1-2H3. The first-order valence-electron chi connectivity index (χ1n) is 7.09. The summed E-state index contributed by atoms with van der Waals surface area (Å²) in [6.07, 6.45) is 2.88. The zero-order chi connectivity index (χ0) is 15.1. The van der Waals surface area contributed by atoms with Crippen LogP contribution in [0.15, 0.2) is 34.9 Å². The molecule has 0 aliphatic carbocycles. The van der Waals surface area contributed by atoms with Gasteiger partial charge in [0.2, 0.25) is 0 Å². The molecule has 0 aliphatic rings. The Balaban J connectivity index is 2.02. The summed E-state index contributed by atoms with van der Waals surface area (Å²) in [4.78, 5) is 8.86. The molecule has 112 valence electrons. The zero-order valence-electron chi connectivity index (χ0n) is 12.4. The molecular formula is C16H20BrN3O. The third-order valence-corrected chi connectivity index (χ3v) is 3.42. The van der Waals surface area contributed by atoms with Crippen LogP contribution in [0.5, 0.6) is 5.75 Å². The first-order valence-corrected chi connectivity index (χ1v) is 7.89. The molecular weight excluding hydrogens is 330 g/mol. The zero-order valence-corrected chi connectivity index (χ0v) is 14.0. The topological polar surface area (TPSA) is 47.0 Å². The third-order valence-electron chi connectivity index (χ3n) is 2.96. The van der Waals surface area contributed by atoms with Crippen molar-refractivity contribution in [2.75, 3.05) is 6.54 Å². The van der Waals surface area contributed by atoms with Crippen LogP contribution in [0.4, 0.5) is 0 Å². The van der Waals surface area contributed by atoms with Crippen molar-refractivity contribution < 1.29 is 4.74 Å². The van der Waals surface area contributed by atoms with Gasteiger partial charge in [0.25, 0.3) is 0 Å². The predicted molar refractivity (Wildman–Crippen MR) is 87.2 cm³/mol. The number of hydrogen-bond donors (Lipinski definition) is 1. The van der Waals surface area contributed by atoms with Crippen molar-refractivity contribution >= 4 is 15.9 Å². The van der Waals surface area contributed by atoms with Gasteiger partial charge in [0.15, 0.2) is 0 Å². The van der Waals surface area contributed by atoms with Crippen LogP contribution in [0.3, 0.4) is 0 Å². The predicted octanol–water partition coefficient (Wildman–Crippen LogP) is 3.63. The van der Waals surface area contributed by atoms with Gasteiger partial charge in [0.1, 0.15) is 12.4 Å². The maximum Gasteiger partial charge on any atom is 0.142 e. The average molecular weight is 350 g/mol. The summed E-state index contributed by atoms with van der Waals surface area (Å²) in [6.45, 7) is 6.28. The second-order valence-electron chi connectivity index (χ2n) is 4.83. The van der Waals surface area contributed by atoms with Crippen molar-refractivity contribution in [3.63, 3.8) is 0 Å². The van der Waals surface area contributed by atoms with Crippen LogP contribution in [0.25, 0.3) is 0 Å². The largest absolute Gasteiger partial charge is 0.485 e. The van der Waals surface area contributed by atoms with E-state index in [9.17, 15) is 0 Å². The molecule has 21 heavy (non-hydrogen) atoms. The minimum Gasteiger partial charge on any atom is -0.485 e. The van der Waals surface area contributed by atoms with Crippen molar-refractivity contribution in [3.05, 3.63) is 52.0 Å². The lowest BCUT2D eigenvalue weighted by Crippen LogP contribution is -2.16. The molecule has 5 heteroatoms. The van der Waals surface area contributed by atoms with Crippen LogP contribution in [0, 0.1) is 6.92 Å². The van der Waals surface area contributed by atoms with Crippen LogP contribution in [-0.4, -0.2) is 16.5 Å². The van der Waals surface area contributed by atoms with Crippen molar-refractivity contribution in [3.8, 4) is 5.75 Å². The molecule has 0 spiro atoms. The average Bonchev–Trinajstić information content (AvgIpc) is 2.48. The molecule has 0 aliphatic heterocycles. The highest BCUT2D eigenvalue weighted by Crippen LogP contribution is 2.18. The fourth-order valence-corrected chi connectivity index (χ4v) is 2.12. The van der Waals surface area contributed by atoms with Crippen molar-refractivity contribution in [1.29, 1.82) is 0 Å². The van der Waals surface area contributed by atoms with Crippen molar-refractivity contribution in [2.24, 2.45) is 0 Å². The first kappa shape index (κ1) is 15.9. The van der Waals surface area contributed by atoms with E-state index in [0.29, 0.717) is 6.61 Å². The molecule has 0 atom stereocenters. The van der Waals surface area contributed by atoms with Crippen molar-refractivity contribution in [2.45, 2.75) is 33.4 Å². The van der Waals surface area contributed by atoms with E-state index in [1.54, 1.807) is 6.20 Å². The van der Waals surface area contributed by atoms with Gasteiger partial charge in [-0.1, -0.05) is 6.92 Å². The van der Waals surface area contributed by atoms with Crippen LogP contribution in [0.2, 0.25) is 0 Å². The Morgan fingerprint density at radius 1 is 1.24 bits per heavy atom. The highest BCUT2D eigenvalue weighted by atomic mass is 79.9. The molecule has 2 aromatic heterocycles. The number of aromatic nitrogens is 2. The van der Waals surface area contributed by atoms with E-state index in [-0.39, 0.29) is 0 Å². The summed E-state index contributed by atoms with van der Waals surface area (Å²) >= 11 is 3.37. The van der Waals surface area contributed by atoms with Gasteiger partial charge in [-0.3, -0.25) is 9.97 Å². The van der Waals surface area contributed by atoms with Gasteiger partial charge in [-0.15, -0.1) is 0 Å². The molecule has 2 heterocycles. The van der Waals surface area contributed by atoms with Gasteiger partial charge in [0, 0.05) is 22.9 Å². The molecule has 1 N–H and O–H groups in total. The normalized spacial score (nSPS) is 10.6. The number of hydrogen-bond acceptors (Lipinski definition) is 4. The van der Waals surface area contributed by atoms with E-state index in [1.165, 1.54) is 0 Å². The number of aryl methyl sites for hydroxylation is 1. The molecule has 0 radical (unpaired) electrons. The Morgan fingerprint density at radius 2 is 2.10 bits per heavy atom. The van der Waals surface area contributed by atoms with E-state index >= 15 is 0 Å². The van der Waals surface area contributed by atoms with E-state index in [2.05, 4.69) is 38.1 Å². The molecule has 0 aromatic carbocycles. The summed E-state index contributed by atoms with van der Waals surface area (Å²) in [6, 6.07) is 7.85. The van der Waals surface area contributed by atoms with Crippen LogP contribution in [-0.2, 0) is 13.2 Å². The second kappa shape index (κ2) is 8.10. The smallest absolute Gasteiger partial charge is 0.142 e. The number of nitrogens with zero attached hydrogens (tertiary/aromatic N) is 2. The van der Waals surface area contributed by atoms with Gasteiger partial charge < -0.3 is 10.1 Å². The van der Waals surface area contributed by atoms with E-state index < -0.39 is 0 Å². The van der Waals surface area contributed by atoms with Gasteiger partial charge in [0.05, 0.1) is 11.4 Å². The van der Waals surface area contributed by atoms with E-state index in [4.69, 9.17) is 4.74 Å². The lowest BCUT2D eigenvalue weighted by atomic mass is 10.2. The molecule has 0 fully saturated rings. The Bertz CT molecular complexity index is 572. The summed E-state index contributed by atoms with van der Waals surface area (Å²) in [5, 5.41) is 3.36. The van der Waals surface area contributed by atoms with Crippen LogP contribution >= 0.6 is 15.9 Å². The highest BCUT2D eigenvalue weighted by Gasteiger charge is 2.06. The lowest BCUT2D eigenvalue weighted by molar-refractivity contribution is 0.295. The molecule has 0 saturated carbocycles. The molecule has 0 saturated heterocycles. The number of rotatable bonds is 7. The molecule has 2 aromatic rings. The summed E-state index contributed by atoms with van der Waals surface area (Å²) in [5.74, 6) is 0.814. The fraction of sp³-hybridized carbons (Fsp3) is 0.375. The molecule has 0 unspecified atom stereocenters. The Kier molecular flexibility index (Phi) is 6.14. The lowest BCUT2D eigenvalue weighted by Gasteiger charge is -2.12. The Morgan fingerprint density at radius 3 is 2.81 bits per heavy atom. The van der Waals surface area contributed by atoms with Gasteiger partial charge in [-0.05, 0) is 60.1 Å². The maximum absolute atomic E-state index is 5.87. The maximum atomic E-state index is 5.87. The Labute approximate surface area is 134 Å². The van der Waals surface area contributed by atoms with Crippen molar-refractivity contribution in [1.82, 2.24) is 15.3 Å². The second-order valence-corrected chi connectivity index (χ2v) is 5.75. The van der Waals surface area contributed by atoms with Gasteiger partial charge in [-0.2, -0.15) is 0 Å². The number of pyridine rings is 2. The summed E-state index contributed by atoms with van der Waals surface area (Å²) in [7, 11) is 0. The summed E-state index contributed by atoms with van der Waals surface area (Å²) < 4.78 is 6.83. The number of halogens is 1. The van der Waals surface area contributed by atoms with E-state index in [1.807, 2.05) is 31.2 Å². The first-order chi connectivity index (χ1) is 10.2. The molecule has 2 rings (SSSR count). The number of ether oxygens (including phenoxy) is 1. The SMILES string of the molecule is CCCNCc1nc(C)ccc1OCc1ccc(Br)cn1. The molecule has 0 amide bonds. The minimum atomic E-state index is 0.443. The highest BCUT2D eigenvalue weighted by molar-refractivity contribution is 9.10. The van der Waals surface area contributed by atoms with Crippen LogP contribution < -0.4 is 10.1 Å². The third kappa shape index (κ3) is 5.10. The fourth-order valence-electron chi connectivity index (χ4n) is 1.88. The van der Waals surface area contributed by atoms with E-state index in [0.717, 1.165) is 46.8 Å². The monoisotopic (exact) mass is 349 g/mol. The quantitative estimate of drug-likeness (QED) is 0.775. The van der Waals surface area contributed by atoms with Gasteiger partial charge >= 0.3 is 0 Å². The van der Waals surface area contributed by atoms with Gasteiger partial charge in [-0.25, -0.2) is 0 Å². The molecule has 4 nitrogen and oxygen atoms in total. The summed E-state index contributed by atoms with van der Waals surface area (Å²) in [5.41, 5.74) is 2.84. The molecule has 0 bridgehead atoms. The number of nitrogens with one attached hydrogen (secondary N) is 1.